The Labute approximate surface area is 129 Å². The van der Waals surface area contributed by atoms with E-state index in [1.54, 1.807) is 0 Å². The quantitative estimate of drug-likeness (QED) is 0.321. The van der Waals surface area contributed by atoms with Gasteiger partial charge >= 0.3 is 0 Å². The zero-order valence-electron chi connectivity index (χ0n) is 10.6. The Bertz CT molecular complexity index is 1090. The molecule has 2 heteroatoms. The van der Waals surface area contributed by atoms with E-state index in [4.69, 9.17) is 0 Å². The van der Waals surface area contributed by atoms with Crippen molar-refractivity contribution < 1.29 is 0 Å². The van der Waals surface area contributed by atoms with Crippen molar-refractivity contribution in [3.63, 3.8) is 0 Å². The second-order valence-corrected chi connectivity index (χ2v) is 6.40. The summed E-state index contributed by atoms with van der Waals surface area (Å²) in [6, 6.07) is 19.7. The normalized spacial score (nSPS) is 12.2. The monoisotopic (exact) mass is 367 g/mol. The maximum absolute atomic E-state index is 2.44. The second-order valence-electron chi connectivity index (χ2n) is 5.23. The van der Waals surface area contributed by atoms with E-state index < -0.39 is 0 Å². The van der Waals surface area contributed by atoms with Crippen LogP contribution in [0.5, 0.6) is 0 Å². The van der Waals surface area contributed by atoms with Crippen molar-refractivity contribution in [2.24, 2.45) is 0 Å². The molecule has 0 saturated carbocycles. The predicted octanol–water partition coefficient (Wildman–Crippen LogP) is 5.44. The zero-order chi connectivity index (χ0) is 13.3. The highest BCUT2D eigenvalue weighted by atomic mass is 127. The van der Waals surface area contributed by atoms with Crippen LogP contribution < -0.4 is 0 Å². The number of halogens is 1. The smallest absolute Gasteiger partial charge is 0.0625 e. The molecule has 1 nitrogen and oxygen atoms in total. The molecule has 20 heavy (non-hydrogen) atoms. The lowest BCUT2D eigenvalue weighted by Crippen LogP contribution is -1.76. The average Bonchev–Trinajstić information content (AvgIpc) is 2.98. The summed E-state index contributed by atoms with van der Waals surface area (Å²) in [6.07, 6.45) is 2.25. The van der Waals surface area contributed by atoms with Gasteiger partial charge in [0.25, 0.3) is 0 Å². The Balaban J connectivity index is 2.29. The Kier molecular flexibility index (Phi) is 1.99. The van der Waals surface area contributed by atoms with E-state index in [1.165, 1.54) is 41.5 Å². The van der Waals surface area contributed by atoms with Crippen LogP contribution in [0.4, 0.5) is 0 Å². The maximum atomic E-state index is 2.44. The second kappa shape index (κ2) is 3.64. The predicted molar refractivity (Wildman–Crippen MR) is 93.8 cm³/mol. The molecule has 5 aromatic rings. The molecule has 0 aliphatic carbocycles. The van der Waals surface area contributed by atoms with E-state index in [-0.39, 0.29) is 0 Å². The van der Waals surface area contributed by atoms with Crippen LogP contribution >= 0.6 is 22.6 Å². The number of nitrogens with zero attached hydrogens (tertiary/aromatic N) is 1. The molecular formula is C18H10IN. The summed E-state index contributed by atoms with van der Waals surface area (Å²) in [5.74, 6) is 0. The van der Waals surface area contributed by atoms with E-state index >= 15 is 0 Å². The molecule has 94 valence electrons. The van der Waals surface area contributed by atoms with Crippen molar-refractivity contribution in [2.45, 2.75) is 0 Å². The van der Waals surface area contributed by atoms with Crippen LogP contribution in [0, 0.1) is 3.57 Å². The molecule has 2 aromatic heterocycles. The standard InChI is InChI=1S/C18H10IN/c19-15-10-20-16-8-4-3-7-13(16)17-12-6-2-1-5-11(12)9-14(15)18(17)20/h1-10H. The first-order chi connectivity index (χ1) is 9.84. The van der Waals surface area contributed by atoms with E-state index in [0.29, 0.717) is 0 Å². The molecular weight excluding hydrogens is 357 g/mol. The number of hydrogen-bond donors (Lipinski definition) is 0. The van der Waals surface area contributed by atoms with Crippen LogP contribution in [0.3, 0.4) is 0 Å². The van der Waals surface area contributed by atoms with E-state index in [9.17, 15) is 0 Å². The molecule has 5 rings (SSSR count). The lowest BCUT2D eigenvalue weighted by atomic mass is 10.0. The van der Waals surface area contributed by atoms with Gasteiger partial charge in [-0.3, -0.25) is 0 Å². The molecule has 0 N–H and O–H groups in total. The molecule has 0 saturated heterocycles. The van der Waals surface area contributed by atoms with Gasteiger partial charge in [-0.05, 0) is 45.5 Å². The number of aromatic nitrogens is 1. The molecule has 0 unspecified atom stereocenters. The Hall–Kier alpha value is -1.81. The summed E-state index contributed by atoms with van der Waals surface area (Å²) in [5, 5.41) is 6.76. The minimum absolute atomic E-state index is 1.30. The van der Waals surface area contributed by atoms with E-state index in [2.05, 4.69) is 87.8 Å². The van der Waals surface area contributed by atoms with Crippen molar-refractivity contribution in [2.75, 3.05) is 0 Å². The molecule has 0 fully saturated rings. The van der Waals surface area contributed by atoms with E-state index in [1.807, 2.05) is 0 Å². The Morgan fingerprint density at radius 1 is 0.800 bits per heavy atom. The summed E-state index contributed by atoms with van der Waals surface area (Å²) in [5.41, 5.74) is 2.65. The largest absolute Gasteiger partial charge is 0.314 e. The summed E-state index contributed by atoms with van der Waals surface area (Å²) in [7, 11) is 0. The van der Waals surface area contributed by atoms with Crippen LogP contribution in [0.15, 0.2) is 60.8 Å². The van der Waals surface area contributed by atoms with Gasteiger partial charge in [0.05, 0.1) is 11.0 Å². The number of fused-ring (bicyclic) bond motifs is 5. The van der Waals surface area contributed by atoms with Crippen LogP contribution in [-0.2, 0) is 0 Å². The van der Waals surface area contributed by atoms with Gasteiger partial charge in [0.2, 0.25) is 0 Å². The van der Waals surface area contributed by atoms with Crippen molar-refractivity contribution in [3.05, 3.63) is 64.4 Å². The Morgan fingerprint density at radius 2 is 1.55 bits per heavy atom. The summed E-state index contributed by atoms with van der Waals surface area (Å²) in [4.78, 5) is 0. The zero-order valence-corrected chi connectivity index (χ0v) is 12.8. The van der Waals surface area contributed by atoms with Crippen LogP contribution in [0.2, 0.25) is 0 Å². The lowest BCUT2D eigenvalue weighted by molar-refractivity contribution is 1.30. The number of para-hydroxylation sites is 1. The highest BCUT2D eigenvalue weighted by Gasteiger charge is 2.16. The van der Waals surface area contributed by atoms with Gasteiger partial charge in [-0.2, -0.15) is 0 Å². The van der Waals surface area contributed by atoms with Gasteiger partial charge in [-0.25, -0.2) is 0 Å². The molecule has 0 aliphatic heterocycles. The average molecular weight is 367 g/mol. The molecule has 2 heterocycles. The minimum Gasteiger partial charge on any atom is -0.314 e. The molecule has 0 aliphatic rings. The first kappa shape index (κ1) is 10.9. The third-order valence-corrected chi connectivity index (χ3v) is 5.06. The number of rotatable bonds is 0. The highest BCUT2D eigenvalue weighted by molar-refractivity contribution is 14.1. The number of hydrogen-bond acceptors (Lipinski definition) is 0. The van der Waals surface area contributed by atoms with Gasteiger partial charge in [-0.1, -0.05) is 42.5 Å². The molecule has 0 spiro atoms. The fourth-order valence-electron chi connectivity index (χ4n) is 3.37. The van der Waals surface area contributed by atoms with Gasteiger partial charge in [-0.15, -0.1) is 0 Å². The molecule has 3 aromatic carbocycles. The van der Waals surface area contributed by atoms with E-state index in [0.717, 1.165) is 0 Å². The third-order valence-electron chi connectivity index (χ3n) is 4.20. The lowest BCUT2D eigenvalue weighted by Gasteiger charge is -2.01. The van der Waals surface area contributed by atoms with Gasteiger partial charge in [0.15, 0.2) is 0 Å². The van der Waals surface area contributed by atoms with Crippen molar-refractivity contribution in [3.8, 4) is 0 Å². The first-order valence-corrected chi connectivity index (χ1v) is 7.74. The first-order valence-electron chi connectivity index (χ1n) is 6.67. The molecule has 0 atom stereocenters. The molecule has 0 amide bonds. The van der Waals surface area contributed by atoms with Crippen LogP contribution in [0.1, 0.15) is 0 Å². The minimum atomic E-state index is 1.30. The SMILES string of the molecule is Ic1cn2c3ccccc3c3c4ccccc4cc1c32. The summed E-state index contributed by atoms with van der Waals surface area (Å²) >= 11 is 2.44. The van der Waals surface area contributed by atoms with Crippen molar-refractivity contribution in [1.82, 2.24) is 4.40 Å². The molecule has 0 radical (unpaired) electrons. The summed E-state index contributed by atoms with van der Waals surface area (Å²) in [6.45, 7) is 0. The van der Waals surface area contributed by atoms with Gasteiger partial charge < -0.3 is 4.40 Å². The van der Waals surface area contributed by atoms with Gasteiger partial charge in [0.1, 0.15) is 0 Å². The third kappa shape index (κ3) is 1.18. The maximum Gasteiger partial charge on any atom is 0.0625 e. The highest BCUT2D eigenvalue weighted by Crippen LogP contribution is 2.39. The fourth-order valence-corrected chi connectivity index (χ4v) is 4.06. The van der Waals surface area contributed by atoms with Crippen LogP contribution in [-0.4, -0.2) is 4.40 Å². The Morgan fingerprint density at radius 3 is 2.45 bits per heavy atom. The number of benzene rings is 3. The van der Waals surface area contributed by atoms with Crippen molar-refractivity contribution in [1.29, 1.82) is 0 Å². The van der Waals surface area contributed by atoms with Crippen LogP contribution in [0.25, 0.3) is 38.0 Å². The molecule has 0 bridgehead atoms. The topological polar surface area (TPSA) is 4.41 Å². The van der Waals surface area contributed by atoms with Gasteiger partial charge in [0, 0.05) is 25.9 Å². The fraction of sp³-hybridized carbons (Fsp3) is 0. The van der Waals surface area contributed by atoms with Crippen molar-refractivity contribution >= 4 is 60.6 Å². The summed E-state index contributed by atoms with van der Waals surface area (Å²) < 4.78 is 3.66.